The van der Waals surface area contributed by atoms with Crippen molar-refractivity contribution in [3.05, 3.63) is 64.2 Å². The van der Waals surface area contributed by atoms with Crippen molar-refractivity contribution in [2.75, 3.05) is 11.9 Å². The summed E-state index contributed by atoms with van der Waals surface area (Å²) in [7, 11) is -3.83. The first-order valence-corrected chi connectivity index (χ1v) is 8.67. The average molecular weight is 378 g/mol. The van der Waals surface area contributed by atoms with E-state index in [9.17, 15) is 28.1 Å². The van der Waals surface area contributed by atoms with Gasteiger partial charge in [0.2, 0.25) is 15.9 Å². The highest BCUT2D eigenvalue weighted by Gasteiger charge is 2.13. The van der Waals surface area contributed by atoms with Crippen LogP contribution in [-0.4, -0.2) is 31.7 Å². The first kappa shape index (κ1) is 19.0. The predicted molar refractivity (Wildman–Crippen MR) is 91.9 cm³/mol. The molecule has 0 radical (unpaired) electrons. The number of nitro groups is 1. The quantitative estimate of drug-likeness (QED) is 0.493. The van der Waals surface area contributed by atoms with Crippen LogP contribution in [0.4, 0.5) is 11.4 Å². The number of primary sulfonamides is 1. The van der Waals surface area contributed by atoms with E-state index in [0.29, 0.717) is 5.69 Å². The van der Waals surface area contributed by atoms with Crippen molar-refractivity contribution < 1.29 is 22.9 Å². The number of nitrogens with two attached hydrogens (primary N) is 1. The fraction of sp³-hybridized carbons (Fsp3) is 0.0667. The molecule has 0 heterocycles. The lowest BCUT2D eigenvalue weighted by Crippen LogP contribution is -2.32. The van der Waals surface area contributed by atoms with Crippen LogP contribution in [0.1, 0.15) is 10.4 Å². The van der Waals surface area contributed by atoms with Gasteiger partial charge in [0.1, 0.15) is 0 Å². The summed E-state index contributed by atoms with van der Waals surface area (Å²) < 4.78 is 22.3. The number of nitrogens with zero attached hydrogens (tertiary/aromatic N) is 1. The van der Waals surface area contributed by atoms with Crippen molar-refractivity contribution in [2.24, 2.45) is 5.14 Å². The minimum Gasteiger partial charge on any atom is -0.343 e. The molecule has 0 aliphatic rings. The van der Waals surface area contributed by atoms with Gasteiger partial charge >= 0.3 is 0 Å². The molecule has 2 rings (SSSR count). The number of hydrogen-bond donors (Lipinski definition) is 3. The van der Waals surface area contributed by atoms with Gasteiger partial charge in [-0.1, -0.05) is 6.07 Å². The van der Waals surface area contributed by atoms with Gasteiger partial charge in [-0.15, -0.1) is 0 Å². The van der Waals surface area contributed by atoms with E-state index in [1.807, 2.05) is 0 Å². The van der Waals surface area contributed by atoms with Gasteiger partial charge in [-0.05, 0) is 30.3 Å². The Morgan fingerprint density at radius 3 is 2.35 bits per heavy atom. The summed E-state index contributed by atoms with van der Waals surface area (Å²) in [5.41, 5.74) is 0.119. The summed E-state index contributed by atoms with van der Waals surface area (Å²) in [6.07, 6.45) is 0. The molecular formula is C15H14N4O6S. The molecule has 0 atom stereocenters. The number of nitrogens with one attached hydrogen (secondary N) is 2. The maximum atomic E-state index is 11.9. The van der Waals surface area contributed by atoms with E-state index in [0.717, 1.165) is 6.07 Å². The Bertz CT molecular complexity index is 956. The zero-order valence-electron chi connectivity index (χ0n) is 13.2. The fourth-order valence-electron chi connectivity index (χ4n) is 1.96. The number of sulfonamides is 1. The number of hydrogen-bond acceptors (Lipinski definition) is 6. The van der Waals surface area contributed by atoms with Crippen LogP contribution in [0.5, 0.6) is 0 Å². The summed E-state index contributed by atoms with van der Waals surface area (Å²) in [5, 5.41) is 20.5. The van der Waals surface area contributed by atoms with Crippen LogP contribution in [0.15, 0.2) is 53.4 Å². The van der Waals surface area contributed by atoms with E-state index in [1.54, 1.807) is 0 Å². The lowest BCUT2D eigenvalue weighted by Gasteiger charge is -2.07. The second-order valence-electron chi connectivity index (χ2n) is 5.11. The lowest BCUT2D eigenvalue weighted by molar-refractivity contribution is -0.384. The third kappa shape index (κ3) is 5.09. The summed E-state index contributed by atoms with van der Waals surface area (Å²) in [4.78, 5) is 33.7. The van der Waals surface area contributed by atoms with E-state index in [1.165, 1.54) is 42.5 Å². The normalized spacial score (nSPS) is 10.8. The number of anilines is 1. The largest absolute Gasteiger partial charge is 0.343 e. The zero-order chi connectivity index (χ0) is 19.3. The van der Waals surface area contributed by atoms with Gasteiger partial charge in [-0.25, -0.2) is 13.6 Å². The van der Waals surface area contributed by atoms with E-state index < -0.39 is 26.8 Å². The van der Waals surface area contributed by atoms with Crippen LogP contribution in [0.2, 0.25) is 0 Å². The first-order chi connectivity index (χ1) is 12.2. The van der Waals surface area contributed by atoms with Gasteiger partial charge in [0, 0.05) is 23.4 Å². The van der Waals surface area contributed by atoms with Crippen LogP contribution < -0.4 is 15.8 Å². The highest BCUT2D eigenvalue weighted by molar-refractivity contribution is 7.89. The van der Waals surface area contributed by atoms with Gasteiger partial charge in [-0.2, -0.15) is 0 Å². The van der Waals surface area contributed by atoms with Gasteiger partial charge in [-0.3, -0.25) is 19.7 Å². The van der Waals surface area contributed by atoms with Crippen molar-refractivity contribution in [2.45, 2.75) is 4.90 Å². The summed E-state index contributed by atoms with van der Waals surface area (Å²) in [6, 6.07) is 10.2. The molecular weight excluding hydrogens is 364 g/mol. The Morgan fingerprint density at radius 1 is 1.12 bits per heavy atom. The Hall–Kier alpha value is -3.31. The van der Waals surface area contributed by atoms with Crippen molar-refractivity contribution in [1.29, 1.82) is 0 Å². The zero-order valence-corrected chi connectivity index (χ0v) is 14.0. The number of nitro benzene ring substituents is 1. The van der Waals surface area contributed by atoms with E-state index >= 15 is 0 Å². The minimum absolute atomic E-state index is 0.0458. The molecule has 0 bridgehead atoms. The summed E-state index contributed by atoms with van der Waals surface area (Å²) >= 11 is 0. The molecule has 0 aliphatic heterocycles. The fourth-order valence-corrected chi connectivity index (χ4v) is 2.47. The van der Waals surface area contributed by atoms with Gasteiger partial charge in [0.05, 0.1) is 16.4 Å². The molecule has 0 aliphatic carbocycles. The smallest absolute Gasteiger partial charge is 0.270 e. The van der Waals surface area contributed by atoms with Crippen molar-refractivity contribution >= 4 is 33.2 Å². The van der Waals surface area contributed by atoms with Crippen LogP contribution in [0, 0.1) is 10.1 Å². The molecule has 136 valence electrons. The molecule has 11 heteroatoms. The summed E-state index contributed by atoms with van der Waals surface area (Å²) in [6.45, 7) is -0.377. The molecule has 2 amide bonds. The van der Waals surface area contributed by atoms with Crippen molar-refractivity contribution in [3.8, 4) is 0 Å². The Morgan fingerprint density at radius 2 is 1.77 bits per heavy atom. The topological polar surface area (TPSA) is 162 Å². The van der Waals surface area contributed by atoms with Crippen molar-refractivity contribution in [3.63, 3.8) is 0 Å². The van der Waals surface area contributed by atoms with Crippen molar-refractivity contribution in [1.82, 2.24) is 5.32 Å². The molecule has 0 saturated carbocycles. The Balaban J connectivity index is 1.93. The number of rotatable bonds is 6. The second kappa shape index (κ2) is 7.72. The molecule has 0 aromatic heterocycles. The minimum atomic E-state index is -3.83. The monoisotopic (exact) mass is 378 g/mol. The van der Waals surface area contributed by atoms with Crippen LogP contribution in [0.3, 0.4) is 0 Å². The number of amides is 2. The third-order valence-corrected chi connectivity index (χ3v) is 4.12. The van der Waals surface area contributed by atoms with Gasteiger partial charge in [0.15, 0.2) is 0 Å². The maximum Gasteiger partial charge on any atom is 0.270 e. The molecule has 0 unspecified atom stereocenters. The average Bonchev–Trinajstić information content (AvgIpc) is 2.59. The number of benzene rings is 2. The number of carbonyl (C=O) groups is 2. The molecule has 2 aromatic carbocycles. The SMILES string of the molecule is NS(=O)(=O)c1ccc(NC(=O)CNC(=O)c2cccc([N+](=O)[O-])c2)cc1. The second-order valence-corrected chi connectivity index (χ2v) is 6.67. The highest BCUT2D eigenvalue weighted by Crippen LogP contribution is 2.13. The van der Waals surface area contributed by atoms with Gasteiger partial charge < -0.3 is 10.6 Å². The van der Waals surface area contributed by atoms with Crippen LogP contribution in [0.25, 0.3) is 0 Å². The molecule has 0 fully saturated rings. The number of non-ortho nitro benzene ring substituents is 1. The summed E-state index contributed by atoms with van der Waals surface area (Å²) in [5.74, 6) is -1.21. The van der Waals surface area contributed by atoms with E-state index in [4.69, 9.17) is 5.14 Å². The molecule has 26 heavy (non-hydrogen) atoms. The molecule has 0 saturated heterocycles. The molecule has 4 N–H and O–H groups in total. The molecule has 0 spiro atoms. The van der Waals surface area contributed by atoms with Gasteiger partial charge in [0.25, 0.3) is 11.6 Å². The molecule has 10 nitrogen and oxygen atoms in total. The van der Waals surface area contributed by atoms with Crippen LogP contribution >= 0.6 is 0 Å². The van der Waals surface area contributed by atoms with E-state index in [2.05, 4.69) is 10.6 Å². The van der Waals surface area contributed by atoms with E-state index in [-0.39, 0.29) is 22.7 Å². The standard InChI is InChI=1S/C15H14N4O6S/c16-26(24,25)13-6-4-11(5-7-13)18-14(20)9-17-15(21)10-2-1-3-12(8-10)19(22)23/h1-8H,9H2,(H,17,21)(H,18,20)(H2,16,24,25). The third-order valence-electron chi connectivity index (χ3n) is 3.20. The first-order valence-electron chi connectivity index (χ1n) is 7.12. The van der Waals surface area contributed by atoms with Crippen LogP contribution in [-0.2, 0) is 14.8 Å². The lowest BCUT2D eigenvalue weighted by atomic mass is 10.2. The molecule has 2 aromatic rings. The Kier molecular flexibility index (Phi) is 5.64. The predicted octanol–water partition coefficient (Wildman–Crippen LogP) is 0.611. The number of carbonyl (C=O) groups excluding carboxylic acids is 2. The maximum absolute atomic E-state index is 11.9. The highest BCUT2D eigenvalue weighted by atomic mass is 32.2. The Labute approximate surface area is 148 Å².